The molecule has 120 valence electrons. The van der Waals surface area contributed by atoms with E-state index in [1.807, 2.05) is 36.4 Å². The van der Waals surface area contributed by atoms with Crippen LogP contribution in [0.5, 0.6) is 0 Å². The number of carbonyl (C=O) groups is 1. The maximum atomic E-state index is 12.4. The minimum Gasteiger partial charge on any atom is -0.326 e. The zero-order chi connectivity index (χ0) is 15.9. The monoisotopic (exact) mass is 308 g/mol. The molecule has 1 amide bonds. The molecule has 0 bridgehead atoms. The quantitative estimate of drug-likeness (QED) is 0.886. The molecule has 1 saturated heterocycles. The molecule has 0 radical (unpaired) electrons. The summed E-state index contributed by atoms with van der Waals surface area (Å²) in [5, 5.41) is 6.46. The SMILES string of the molecule is O=C(CC1CCNCC1)Nc1ccccc1Cc1ccccc1. The summed E-state index contributed by atoms with van der Waals surface area (Å²) >= 11 is 0. The van der Waals surface area contributed by atoms with Crippen LogP contribution in [0, 0.1) is 5.92 Å². The van der Waals surface area contributed by atoms with E-state index in [1.165, 1.54) is 5.56 Å². The standard InChI is InChI=1S/C20H24N2O/c23-20(15-17-10-12-21-13-11-17)22-19-9-5-4-8-18(19)14-16-6-2-1-3-7-16/h1-9,17,21H,10-15H2,(H,22,23). The third-order valence-corrected chi connectivity index (χ3v) is 4.46. The topological polar surface area (TPSA) is 41.1 Å². The van der Waals surface area contributed by atoms with Gasteiger partial charge in [-0.05, 0) is 55.5 Å². The number of para-hydroxylation sites is 1. The molecule has 23 heavy (non-hydrogen) atoms. The maximum absolute atomic E-state index is 12.4. The number of benzene rings is 2. The van der Waals surface area contributed by atoms with Crippen molar-refractivity contribution in [1.82, 2.24) is 5.32 Å². The van der Waals surface area contributed by atoms with Crippen molar-refractivity contribution < 1.29 is 4.79 Å². The number of carbonyl (C=O) groups excluding carboxylic acids is 1. The number of anilines is 1. The second-order valence-corrected chi connectivity index (χ2v) is 6.27. The van der Waals surface area contributed by atoms with Crippen LogP contribution in [0.3, 0.4) is 0 Å². The molecule has 0 unspecified atom stereocenters. The summed E-state index contributed by atoms with van der Waals surface area (Å²) in [6.45, 7) is 2.06. The average molecular weight is 308 g/mol. The minimum atomic E-state index is 0.136. The largest absolute Gasteiger partial charge is 0.326 e. The summed E-state index contributed by atoms with van der Waals surface area (Å²) in [5.74, 6) is 0.648. The van der Waals surface area contributed by atoms with Crippen molar-refractivity contribution in [2.24, 2.45) is 5.92 Å². The van der Waals surface area contributed by atoms with Crippen molar-refractivity contribution in [3.05, 3.63) is 65.7 Å². The van der Waals surface area contributed by atoms with E-state index in [0.29, 0.717) is 12.3 Å². The molecule has 3 rings (SSSR count). The molecule has 1 fully saturated rings. The van der Waals surface area contributed by atoms with Crippen molar-refractivity contribution in [3.8, 4) is 0 Å². The lowest BCUT2D eigenvalue weighted by atomic mass is 9.94. The Labute approximate surface area is 138 Å². The number of hydrogen-bond donors (Lipinski definition) is 2. The number of nitrogens with one attached hydrogen (secondary N) is 2. The summed E-state index contributed by atoms with van der Waals surface area (Å²) in [6, 6.07) is 18.5. The Hall–Kier alpha value is -2.13. The van der Waals surface area contributed by atoms with Crippen molar-refractivity contribution >= 4 is 11.6 Å². The second-order valence-electron chi connectivity index (χ2n) is 6.27. The maximum Gasteiger partial charge on any atom is 0.224 e. The van der Waals surface area contributed by atoms with Crippen molar-refractivity contribution in [3.63, 3.8) is 0 Å². The highest BCUT2D eigenvalue weighted by Crippen LogP contribution is 2.21. The Morgan fingerprint density at radius 1 is 1.00 bits per heavy atom. The number of piperidine rings is 1. The van der Waals surface area contributed by atoms with Crippen LogP contribution in [0.25, 0.3) is 0 Å². The molecule has 2 aromatic rings. The van der Waals surface area contributed by atoms with Crippen molar-refractivity contribution in [2.45, 2.75) is 25.7 Å². The Kier molecular flexibility index (Phi) is 5.43. The average Bonchev–Trinajstić information content (AvgIpc) is 2.58. The van der Waals surface area contributed by atoms with Crippen LogP contribution in [0.2, 0.25) is 0 Å². The molecule has 1 heterocycles. The second kappa shape index (κ2) is 7.93. The molecule has 1 aliphatic heterocycles. The van der Waals surface area contributed by atoms with Gasteiger partial charge in [0.05, 0.1) is 0 Å². The molecule has 1 aliphatic rings. The fourth-order valence-corrected chi connectivity index (χ4v) is 3.16. The molecule has 0 spiro atoms. The third kappa shape index (κ3) is 4.67. The minimum absolute atomic E-state index is 0.136. The molecule has 2 N–H and O–H groups in total. The Morgan fingerprint density at radius 2 is 1.70 bits per heavy atom. The summed E-state index contributed by atoms with van der Waals surface area (Å²) in [4.78, 5) is 12.4. The summed E-state index contributed by atoms with van der Waals surface area (Å²) < 4.78 is 0. The van der Waals surface area contributed by atoms with Crippen LogP contribution in [-0.4, -0.2) is 19.0 Å². The first kappa shape index (κ1) is 15.8. The van der Waals surface area contributed by atoms with Gasteiger partial charge in [0.25, 0.3) is 0 Å². The first-order valence-electron chi connectivity index (χ1n) is 8.43. The first-order chi connectivity index (χ1) is 11.3. The van der Waals surface area contributed by atoms with E-state index in [9.17, 15) is 4.79 Å². The van der Waals surface area contributed by atoms with Gasteiger partial charge in [-0.25, -0.2) is 0 Å². The smallest absolute Gasteiger partial charge is 0.224 e. The summed E-state index contributed by atoms with van der Waals surface area (Å²) in [5.41, 5.74) is 3.36. The number of amides is 1. The fraction of sp³-hybridized carbons (Fsp3) is 0.350. The molecule has 0 atom stereocenters. The lowest BCUT2D eigenvalue weighted by molar-refractivity contribution is -0.117. The molecular weight excluding hydrogens is 284 g/mol. The van der Waals surface area contributed by atoms with E-state index in [4.69, 9.17) is 0 Å². The Morgan fingerprint density at radius 3 is 2.48 bits per heavy atom. The molecular formula is C20H24N2O. The highest BCUT2D eigenvalue weighted by molar-refractivity contribution is 5.91. The highest BCUT2D eigenvalue weighted by Gasteiger charge is 2.17. The van der Waals surface area contributed by atoms with E-state index in [2.05, 4.69) is 28.8 Å². The molecule has 3 nitrogen and oxygen atoms in total. The van der Waals surface area contributed by atoms with Crippen LogP contribution >= 0.6 is 0 Å². The zero-order valence-electron chi connectivity index (χ0n) is 13.4. The van der Waals surface area contributed by atoms with Crippen LogP contribution in [0.4, 0.5) is 5.69 Å². The lowest BCUT2D eigenvalue weighted by Gasteiger charge is -2.22. The van der Waals surface area contributed by atoms with Gasteiger partial charge in [0.2, 0.25) is 5.91 Å². The van der Waals surface area contributed by atoms with Gasteiger partial charge in [-0.2, -0.15) is 0 Å². The lowest BCUT2D eigenvalue weighted by Crippen LogP contribution is -2.30. The van der Waals surface area contributed by atoms with Crippen LogP contribution in [-0.2, 0) is 11.2 Å². The van der Waals surface area contributed by atoms with Crippen molar-refractivity contribution in [2.75, 3.05) is 18.4 Å². The van der Waals surface area contributed by atoms with E-state index in [-0.39, 0.29) is 5.91 Å². The van der Waals surface area contributed by atoms with Crippen LogP contribution in [0.15, 0.2) is 54.6 Å². The Bertz CT molecular complexity index is 633. The molecule has 0 aliphatic carbocycles. The van der Waals surface area contributed by atoms with E-state index in [0.717, 1.165) is 43.6 Å². The van der Waals surface area contributed by atoms with Gasteiger partial charge in [0, 0.05) is 12.1 Å². The van der Waals surface area contributed by atoms with Gasteiger partial charge >= 0.3 is 0 Å². The number of hydrogen-bond acceptors (Lipinski definition) is 2. The molecule has 0 aromatic heterocycles. The third-order valence-electron chi connectivity index (χ3n) is 4.46. The Balaban J connectivity index is 1.64. The first-order valence-corrected chi connectivity index (χ1v) is 8.43. The molecule has 2 aromatic carbocycles. The van der Waals surface area contributed by atoms with Gasteiger partial charge in [0.1, 0.15) is 0 Å². The number of rotatable bonds is 5. The predicted octanol–water partition coefficient (Wildman–Crippen LogP) is 3.61. The molecule has 0 saturated carbocycles. The predicted molar refractivity (Wildman–Crippen MR) is 94.5 cm³/mol. The summed E-state index contributed by atoms with van der Waals surface area (Å²) in [6.07, 6.45) is 3.66. The highest BCUT2D eigenvalue weighted by atomic mass is 16.1. The van der Waals surface area contributed by atoms with Crippen LogP contribution < -0.4 is 10.6 Å². The van der Waals surface area contributed by atoms with E-state index in [1.54, 1.807) is 0 Å². The van der Waals surface area contributed by atoms with Gasteiger partial charge in [-0.3, -0.25) is 4.79 Å². The van der Waals surface area contributed by atoms with Gasteiger partial charge < -0.3 is 10.6 Å². The van der Waals surface area contributed by atoms with Gasteiger partial charge in [-0.15, -0.1) is 0 Å². The normalized spacial score (nSPS) is 15.3. The van der Waals surface area contributed by atoms with Gasteiger partial charge in [-0.1, -0.05) is 48.5 Å². The van der Waals surface area contributed by atoms with Gasteiger partial charge in [0.15, 0.2) is 0 Å². The van der Waals surface area contributed by atoms with Crippen LogP contribution in [0.1, 0.15) is 30.4 Å². The summed E-state index contributed by atoms with van der Waals surface area (Å²) in [7, 11) is 0. The van der Waals surface area contributed by atoms with E-state index < -0.39 is 0 Å². The zero-order valence-corrected chi connectivity index (χ0v) is 13.4. The fourth-order valence-electron chi connectivity index (χ4n) is 3.16. The molecule has 3 heteroatoms. The van der Waals surface area contributed by atoms with Crippen molar-refractivity contribution in [1.29, 1.82) is 0 Å². The van der Waals surface area contributed by atoms with E-state index >= 15 is 0 Å².